The van der Waals surface area contributed by atoms with Gasteiger partial charge in [-0.1, -0.05) is 0 Å². The van der Waals surface area contributed by atoms with Gasteiger partial charge in [-0.05, 0) is 0 Å². The standard InChI is InChI=1S/C9H13N5O4S2/c1-14(2)7-5-6(11-8(10-5)19(3,15)16)12-9(13-7)20(4,17)18/h5H,1-4H3. The zero-order valence-electron chi connectivity index (χ0n) is 11.3. The van der Waals surface area contributed by atoms with Gasteiger partial charge < -0.3 is 4.90 Å². The van der Waals surface area contributed by atoms with E-state index in [1.54, 1.807) is 19.0 Å². The van der Waals surface area contributed by atoms with Crippen molar-refractivity contribution in [3.05, 3.63) is 0 Å². The van der Waals surface area contributed by atoms with Crippen LogP contribution in [-0.4, -0.2) is 76.4 Å². The van der Waals surface area contributed by atoms with Gasteiger partial charge in [-0.25, -0.2) is 36.8 Å². The first kappa shape index (κ1) is 14.8. The van der Waals surface area contributed by atoms with Crippen LogP contribution in [0.25, 0.3) is 0 Å². The SMILES string of the molecule is CN(C)C1=NC(S(C)(=O)=O)=NC2=NC(S(C)(=O)=O)=NC21. The van der Waals surface area contributed by atoms with Gasteiger partial charge in [0, 0.05) is 26.6 Å². The number of hydrogen-bond acceptors (Lipinski definition) is 9. The van der Waals surface area contributed by atoms with E-state index >= 15 is 0 Å². The molecule has 110 valence electrons. The zero-order chi connectivity index (χ0) is 15.3. The molecule has 0 fully saturated rings. The normalized spacial score (nSPS) is 22.5. The summed E-state index contributed by atoms with van der Waals surface area (Å²) in [5.41, 5.74) is 0. The van der Waals surface area contributed by atoms with E-state index in [0.717, 1.165) is 12.5 Å². The predicted octanol–water partition coefficient (Wildman–Crippen LogP) is -1.46. The van der Waals surface area contributed by atoms with E-state index in [1.165, 1.54) is 0 Å². The first-order valence-electron chi connectivity index (χ1n) is 5.41. The average Bonchev–Trinajstić information content (AvgIpc) is 2.68. The van der Waals surface area contributed by atoms with Gasteiger partial charge in [-0.3, -0.25) is 0 Å². The molecule has 2 aliphatic heterocycles. The molecule has 0 spiro atoms. The lowest BCUT2D eigenvalue weighted by Crippen LogP contribution is -2.40. The maximum Gasteiger partial charge on any atom is 0.250 e. The number of sulfone groups is 2. The summed E-state index contributed by atoms with van der Waals surface area (Å²) >= 11 is 0. The van der Waals surface area contributed by atoms with Crippen LogP contribution in [0, 0.1) is 0 Å². The summed E-state index contributed by atoms with van der Waals surface area (Å²) in [4.78, 5) is 17.0. The number of hydrogen-bond donors (Lipinski definition) is 0. The third-order valence-electron chi connectivity index (χ3n) is 2.48. The Labute approximate surface area is 116 Å². The fraction of sp³-hybridized carbons (Fsp3) is 0.556. The molecule has 0 aliphatic carbocycles. The van der Waals surface area contributed by atoms with Gasteiger partial charge in [-0.2, -0.15) is 0 Å². The van der Waals surface area contributed by atoms with Crippen LogP contribution in [-0.2, 0) is 19.7 Å². The lowest BCUT2D eigenvalue weighted by molar-refractivity contribution is 0.601. The van der Waals surface area contributed by atoms with E-state index in [1.807, 2.05) is 0 Å². The molecular formula is C9H13N5O4S2. The van der Waals surface area contributed by atoms with Crippen molar-refractivity contribution in [1.29, 1.82) is 0 Å². The molecule has 0 amide bonds. The number of nitrogens with zero attached hydrogens (tertiary/aromatic N) is 5. The Bertz CT molecular complexity index is 786. The largest absolute Gasteiger partial charge is 0.364 e. The average molecular weight is 319 g/mol. The Morgan fingerprint density at radius 3 is 1.90 bits per heavy atom. The molecule has 9 nitrogen and oxygen atoms in total. The van der Waals surface area contributed by atoms with Crippen molar-refractivity contribution in [2.45, 2.75) is 6.04 Å². The van der Waals surface area contributed by atoms with Gasteiger partial charge >= 0.3 is 0 Å². The summed E-state index contributed by atoms with van der Waals surface area (Å²) in [5, 5.41) is -0.772. The Morgan fingerprint density at radius 1 is 0.900 bits per heavy atom. The summed E-state index contributed by atoms with van der Waals surface area (Å²) in [5.74, 6) is 0.294. The molecule has 2 aliphatic rings. The monoisotopic (exact) mass is 319 g/mol. The van der Waals surface area contributed by atoms with Crippen LogP contribution in [0.5, 0.6) is 0 Å². The highest BCUT2D eigenvalue weighted by Gasteiger charge is 2.37. The molecule has 0 aromatic carbocycles. The van der Waals surface area contributed by atoms with Crippen LogP contribution < -0.4 is 0 Å². The van der Waals surface area contributed by atoms with Gasteiger partial charge in [0.05, 0.1) is 0 Å². The Balaban J connectivity index is 2.62. The highest BCUT2D eigenvalue weighted by atomic mass is 32.2. The van der Waals surface area contributed by atoms with Gasteiger partial charge in [0.25, 0.3) is 0 Å². The fourth-order valence-corrected chi connectivity index (χ4v) is 2.66. The van der Waals surface area contributed by atoms with Crippen molar-refractivity contribution in [3.63, 3.8) is 0 Å². The van der Waals surface area contributed by atoms with Crippen molar-refractivity contribution in [3.8, 4) is 0 Å². The van der Waals surface area contributed by atoms with Crippen LogP contribution in [0.2, 0.25) is 0 Å². The highest BCUT2D eigenvalue weighted by molar-refractivity contribution is 8.06. The number of rotatable bonds is 0. The molecule has 2 rings (SSSR count). The first-order chi connectivity index (χ1) is 9.00. The third kappa shape index (κ3) is 2.63. The molecule has 1 unspecified atom stereocenters. The van der Waals surface area contributed by atoms with E-state index in [9.17, 15) is 16.8 Å². The molecule has 20 heavy (non-hydrogen) atoms. The molecule has 0 aromatic rings. The minimum Gasteiger partial charge on any atom is -0.364 e. The van der Waals surface area contributed by atoms with E-state index in [-0.39, 0.29) is 16.8 Å². The maximum absolute atomic E-state index is 11.6. The molecule has 0 aromatic heterocycles. The summed E-state index contributed by atoms with van der Waals surface area (Å²) in [6, 6.07) is -0.791. The zero-order valence-corrected chi connectivity index (χ0v) is 12.9. The van der Waals surface area contributed by atoms with E-state index in [4.69, 9.17) is 0 Å². The van der Waals surface area contributed by atoms with Gasteiger partial charge in [0.15, 0.2) is 11.9 Å². The quantitative estimate of drug-likeness (QED) is 0.540. The van der Waals surface area contributed by atoms with Gasteiger partial charge in [-0.15, -0.1) is 0 Å². The molecule has 0 bridgehead atoms. The van der Waals surface area contributed by atoms with Crippen molar-refractivity contribution in [1.82, 2.24) is 4.90 Å². The van der Waals surface area contributed by atoms with Crippen LogP contribution in [0.1, 0.15) is 0 Å². The Hall–Kier alpha value is -1.62. The molecular weight excluding hydrogens is 306 g/mol. The summed E-state index contributed by atoms with van der Waals surface area (Å²) in [6.07, 6.45) is 1.94. The lowest BCUT2D eigenvalue weighted by atomic mass is 10.2. The second kappa shape index (κ2) is 4.45. The first-order valence-corrected chi connectivity index (χ1v) is 9.19. The smallest absolute Gasteiger partial charge is 0.250 e. The van der Waals surface area contributed by atoms with Gasteiger partial charge in [0.1, 0.15) is 5.84 Å². The maximum atomic E-state index is 11.6. The molecule has 2 heterocycles. The van der Waals surface area contributed by atoms with E-state index in [2.05, 4.69) is 20.0 Å². The third-order valence-corrected chi connectivity index (χ3v) is 4.19. The molecule has 0 saturated heterocycles. The number of aliphatic imine (C=N–C) groups is 4. The van der Waals surface area contributed by atoms with Crippen LogP contribution >= 0.6 is 0 Å². The summed E-state index contributed by atoms with van der Waals surface area (Å²) in [6.45, 7) is 0. The van der Waals surface area contributed by atoms with Crippen molar-refractivity contribution in [2.24, 2.45) is 20.0 Å². The predicted molar refractivity (Wildman–Crippen MR) is 76.9 cm³/mol. The van der Waals surface area contributed by atoms with E-state index < -0.39 is 30.9 Å². The highest BCUT2D eigenvalue weighted by Crippen LogP contribution is 2.18. The minimum absolute atomic E-state index is 0.0181. The molecule has 1 atom stereocenters. The fourth-order valence-electron chi connectivity index (χ4n) is 1.59. The number of likely N-dealkylation sites (N-methyl/N-ethyl adjacent to an activating group) is 1. The molecule has 0 radical (unpaired) electrons. The molecule has 0 saturated carbocycles. The lowest BCUT2D eigenvalue weighted by Gasteiger charge is -2.22. The van der Waals surface area contributed by atoms with E-state index in [0.29, 0.717) is 0 Å². The molecule has 11 heteroatoms. The number of fused-ring (bicyclic) bond motifs is 1. The van der Waals surface area contributed by atoms with Crippen LogP contribution in [0.3, 0.4) is 0 Å². The summed E-state index contributed by atoms with van der Waals surface area (Å²) < 4.78 is 46.1. The Kier molecular flexibility index (Phi) is 3.29. The second-order valence-corrected chi connectivity index (χ2v) is 8.41. The minimum atomic E-state index is -3.63. The van der Waals surface area contributed by atoms with Crippen molar-refractivity contribution in [2.75, 3.05) is 26.6 Å². The topological polar surface area (TPSA) is 121 Å². The van der Waals surface area contributed by atoms with Gasteiger partial charge in [0.2, 0.25) is 30.0 Å². The van der Waals surface area contributed by atoms with Crippen molar-refractivity contribution >= 4 is 41.7 Å². The summed E-state index contributed by atoms with van der Waals surface area (Å²) in [7, 11) is -3.93. The number of amidine groups is 4. The molecule has 0 N–H and O–H groups in total. The Morgan fingerprint density at radius 2 is 1.45 bits per heavy atom. The van der Waals surface area contributed by atoms with Crippen LogP contribution in [0.4, 0.5) is 0 Å². The second-order valence-electron chi connectivity index (χ2n) is 4.59. The van der Waals surface area contributed by atoms with Crippen molar-refractivity contribution < 1.29 is 16.8 Å². The van der Waals surface area contributed by atoms with Crippen LogP contribution in [0.15, 0.2) is 20.0 Å².